The number of aromatic nitrogens is 1. The third-order valence-electron chi connectivity index (χ3n) is 4.44. The molecule has 0 aromatic carbocycles. The average molecular weight is 310 g/mol. The molecule has 3 rings (SSSR count). The van der Waals surface area contributed by atoms with Crippen molar-refractivity contribution in [3.63, 3.8) is 0 Å². The van der Waals surface area contributed by atoms with Gasteiger partial charge in [0.1, 0.15) is 0 Å². The van der Waals surface area contributed by atoms with Gasteiger partial charge in [-0.15, -0.1) is 0 Å². The predicted molar refractivity (Wildman–Crippen MR) is 81.2 cm³/mol. The Morgan fingerprint density at radius 1 is 1.43 bits per heavy atom. The van der Waals surface area contributed by atoms with E-state index in [-0.39, 0.29) is 17.3 Å². The number of hydrazine groups is 1. The summed E-state index contributed by atoms with van der Waals surface area (Å²) in [7, 11) is -3.05. The lowest BCUT2D eigenvalue weighted by molar-refractivity contribution is 0.202. The van der Waals surface area contributed by atoms with E-state index in [0.29, 0.717) is 6.54 Å². The lowest BCUT2D eigenvalue weighted by Crippen LogP contribution is -2.51. The van der Waals surface area contributed by atoms with Crippen LogP contribution in [0.3, 0.4) is 0 Å². The Labute approximate surface area is 125 Å². The molecule has 0 spiro atoms. The smallest absolute Gasteiger partial charge is 0.153 e. The Morgan fingerprint density at radius 2 is 2.29 bits per heavy atom. The molecule has 0 aliphatic carbocycles. The van der Waals surface area contributed by atoms with Gasteiger partial charge in [-0.3, -0.25) is 20.7 Å². The minimum absolute atomic E-state index is 0.0498. The van der Waals surface area contributed by atoms with Crippen LogP contribution in [-0.4, -0.2) is 55.0 Å². The molecule has 2 N–H and O–H groups in total. The van der Waals surface area contributed by atoms with Crippen LogP contribution < -0.4 is 10.9 Å². The van der Waals surface area contributed by atoms with Crippen LogP contribution in [0.5, 0.6) is 0 Å². The maximum Gasteiger partial charge on any atom is 0.153 e. The summed E-state index contributed by atoms with van der Waals surface area (Å²) in [4.78, 5) is 6.73. The lowest BCUT2D eigenvalue weighted by Gasteiger charge is -2.31. The van der Waals surface area contributed by atoms with Crippen LogP contribution >= 0.6 is 0 Å². The van der Waals surface area contributed by atoms with Gasteiger partial charge in [0, 0.05) is 31.6 Å². The zero-order valence-corrected chi connectivity index (χ0v) is 13.0. The second-order valence-electron chi connectivity index (χ2n) is 5.92. The van der Waals surface area contributed by atoms with E-state index in [9.17, 15) is 8.42 Å². The quantitative estimate of drug-likeness (QED) is 0.811. The highest BCUT2D eigenvalue weighted by Crippen LogP contribution is 2.26. The maximum absolute atomic E-state index is 12.0. The van der Waals surface area contributed by atoms with Crippen LogP contribution in [0.25, 0.3) is 0 Å². The second-order valence-corrected chi connectivity index (χ2v) is 8.18. The number of hydrogen-bond acceptors (Lipinski definition) is 6. The molecule has 2 saturated heterocycles. The topological polar surface area (TPSA) is 74.3 Å². The first-order valence-electron chi connectivity index (χ1n) is 7.37. The molecule has 3 unspecified atom stereocenters. The summed E-state index contributed by atoms with van der Waals surface area (Å²) in [6, 6.07) is 6.10. The van der Waals surface area contributed by atoms with Crippen molar-refractivity contribution in [2.45, 2.75) is 36.7 Å². The minimum atomic E-state index is -3.05. The molecule has 3 atom stereocenters. The number of likely N-dealkylation sites (tertiary alicyclic amines) is 1. The average Bonchev–Trinajstić information content (AvgIpc) is 3.07. The molecule has 21 heavy (non-hydrogen) atoms. The minimum Gasteiger partial charge on any atom is -0.293 e. The molecule has 7 heteroatoms. The van der Waals surface area contributed by atoms with Crippen molar-refractivity contribution < 1.29 is 8.42 Å². The van der Waals surface area contributed by atoms with E-state index < -0.39 is 9.84 Å². The van der Waals surface area contributed by atoms with Crippen LogP contribution in [0, 0.1) is 0 Å². The fourth-order valence-electron chi connectivity index (χ4n) is 3.41. The van der Waals surface area contributed by atoms with Crippen molar-refractivity contribution >= 4 is 9.84 Å². The first-order valence-corrected chi connectivity index (χ1v) is 9.32. The SMILES string of the molecule is CS(=O)(=O)C1CNNC1C1CCCN1Cc1ccccn1. The third kappa shape index (κ3) is 3.26. The normalized spacial score (nSPS) is 30.8. The van der Waals surface area contributed by atoms with Gasteiger partial charge in [-0.25, -0.2) is 8.42 Å². The van der Waals surface area contributed by atoms with Crippen molar-refractivity contribution in [3.8, 4) is 0 Å². The second kappa shape index (κ2) is 6.00. The number of nitrogens with one attached hydrogen (secondary N) is 2. The van der Waals surface area contributed by atoms with Crippen molar-refractivity contribution in [1.29, 1.82) is 0 Å². The summed E-state index contributed by atoms with van der Waals surface area (Å²) >= 11 is 0. The first kappa shape index (κ1) is 14.9. The van der Waals surface area contributed by atoms with E-state index in [0.717, 1.165) is 31.6 Å². The van der Waals surface area contributed by atoms with E-state index in [1.165, 1.54) is 6.26 Å². The predicted octanol–water partition coefficient (Wildman–Crippen LogP) is -0.0644. The van der Waals surface area contributed by atoms with E-state index in [4.69, 9.17) is 0 Å². The van der Waals surface area contributed by atoms with E-state index in [1.807, 2.05) is 18.2 Å². The molecule has 2 aliphatic rings. The van der Waals surface area contributed by atoms with Crippen molar-refractivity contribution in [2.75, 3.05) is 19.3 Å². The molecule has 0 radical (unpaired) electrons. The summed E-state index contributed by atoms with van der Waals surface area (Å²) in [5.74, 6) is 0. The zero-order chi connectivity index (χ0) is 14.9. The molecule has 6 nitrogen and oxygen atoms in total. The van der Waals surface area contributed by atoms with Gasteiger partial charge in [-0.2, -0.15) is 0 Å². The van der Waals surface area contributed by atoms with Gasteiger partial charge in [0.05, 0.1) is 17.0 Å². The standard InChI is InChI=1S/C14H22N4O2S/c1-21(19,20)13-9-16-17-14(13)12-6-4-8-18(12)10-11-5-2-3-7-15-11/h2-3,5,7,12-14,16-17H,4,6,8-10H2,1H3. The first-order chi connectivity index (χ1) is 10.1. The van der Waals surface area contributed by atoms with Gasteiger partial charge in [0.15, 0.2) is 9.84 Å². The highest BCUT2D eigenvalue weighted by molar-refractivity contribution is 7.91. The fraction of sp³-hybridized carbons (Fsp3) is 0.643. The van der Waals surface area contributed by atoms with Crippen LogP contribution in [0.1, 0.15) is 18.5 Å². The molecule has 116 valence electrons. The van der Waals surface area contributed by atoms with E-state index >= 15 is 0 Å². The molecule has 0 bridgehead atoms. The van der Waals surface area contributed by atoms with Crippen molar-refractivity contribution in [3.05, 3.63) is 30.1 Å². The van der Waals surface area contributed by atoms with Gasteiger partial charge < -0.3 is 0 Å². The highest BCUT2D eigenvalue weighted by Gasteiger charge is 2.43. The Hall–Kier alpha value is -1.02. The van der Waals surface area contributed by atoms with Gasteiger partial charge >= 0.3 is 0 Å². The Balaban J connectivity index is 1.75. The molecular formula is C14H22N4O2S. The fourth-order valence-corrected chi connectivity index (χ4v) is 4.58. The van der Waals surface area contributed by atoms with Gasteiger partial charge in [0.2, 0.25) is 0 Å². The largest absolute Gasteiger partial charge is 0.293 e. The molecule has 0 amide bonds. The monoisotopic (exact) mass is 310 g/mol. The summed E-state index contributed by atoms with van der Waals surface area (Å²) in [5, 5.41) is -0.355. The summed E-state index contributed by atoms with van der Waals surface area (Å²) < 4.78 is 23.9. The van der Waals surface area contributed by atoms with Crippen LogP contribution in [0.15, 0.2) is 24.4 Å². The number of nitrogens with zero attached hydrogens (tertiary/aromatic N) is 2. The van der Waals surface area contributed by atoms with Crippen molar-refractivity contribution in [2.24, 2.45) is 0 Å². The number of pyridine rings is 1. The highest BCUT2D eigenvalue weighted by atomic mass is 32.2. The van der Waals surface area contributed by atoms with Gasteiger partial charge in [0.25, 0.3) is 0 Å². The Morgan fingerprint density at radius 3 is 3.00 bits per heavy atom. The molecular weight excluding hydrogens is 288 g/mol. The maximum atomic E-state index is 12.0. The van der Waals surface area contributed by atoms with E-state index in [2.05, 4.69) is 20.7 Å². The number of rotatable bonds is 4. The van der Waals surface area contributed by atoms with Gasteiger partial charge in [-0.1, -0.05) is 6.07 Å². The van der Waals surface area contributed by atoms with Crippen molar-refractivity contribution in [1.82, 2.24) is 20.7 Å². The summed E-state index contributed by atoms with van der Waals surface area (Å²) in [6.07, 6.45) is 5.26. The number of hydrogen-bond donors (Lipinski definition) is 2. The summed E-state index contributed by atoms with van der Waals surface area (Å²) in [5.41, 5.74) is 7.23. The molecule has 2 fully saturated rings. The Kier molecular flexibility index (Phi) is 4.26. The molecule has 0 saturated carbocycles. The van der Waals surface area contributed by atoms with E-state index in [1.54, 1.807) is 6.20 Å². The molecule has 2 aliphatic heterocycles. The summed E-state index contributed by atoms with van der Waals surface area (Å²) in [6.45, 7) is 2.26. The lowest BCUT2D eigenvalue weighted by atomic mass is 10.0. The number of sulfone groups is 1. The molecule has 3 heterocycles. The molecule has 1 aromatic heterocycles. The van der Waals surface area contributed by atoms with Crippen LogP contribution in [0.4, 0.5) is 0 Å². The Bertz CT molecular complexity index is 578. The van der Waals surface area contributed by atoms with Gasteiger partial charge in [-0.05, 0) is 31.5 Å². The third-order valence-corrected chi connectivity index (χ3v) is 6.00. The van der Waals surface area contributed by atoms with Crippen LogP contribution in [0.2, 0.25) is 0 Å². The zero-order valence-electron chi connectivity index (χ0n) is 12.2. The van der Waals surface area contributed by atoms with Crippen LogP contribution in [-0.2, 0) is 16.4 Å². The molecule has 1 aromatic rings.